The number of hydrogen-bond acceptors (Lipinski definition) is 4. The van der Waals surface area contributed by atoms with Crippen molar-refractivity contribution in [3.63, 3.8) is 0 Å². The molecular formula is C19H24FN3O4. The van der Waals surface area contributed by atoms with Gasteiger partial charge in [-0.25, -0.2) is 9.18 Å². The van der Waals surface area contributed by atoms with Gasteiger partial charge in [0.15, 0.2) is 0 Å². The lowest BCUT2D eigenvalue weighted by atomic mass is 10.0. The van der Waals surface area contributed by atoms with Crippen molar-refractivity contribution in [2.24, 2.45) is 5.92 Å². The highest BCUT2D eigenvalue weighted by Crippen LogP contribution is 2.27. The molecule has 146 valence electrons. The first-order chi connectivity index (χ1) is 13.0. The average Bonchev–Trinajstić information content (AvgIpc) is 3.04. The van der Waals surface area contributed by atoms with Crippen LogP contribution in [0.4, 0.5) is 14.9 Å². The van der Waals surface area contributed by atoms with Crippen molar-refractivity contribution in [1.82, 2.24) is 10.2 Å². The molecule has 0 saturated carbocycles. The van der Waals surface area contributed by atoms with E-state index >= 15 is 0 Å². The number of nitrogens with zero attached hydrogens (tertiary/aromatic N) is 2. The van der Waals surface area contributed by atoms with Gasteiger partial charge in [0.25, 0.3) is 0 Å². The molecule has 1 unspecified atom stereocenters. The van der Waals surface area contributed by atoms with Crippen molar-refractivity contribution in [2.75, 3.05) is 31.1 Å². The van der Waals surface area contributed by atoms with E-state index in [2.05, 4.69) is 5.32 Å². The second-order valence-electron chi connectivity index (χ2n) is 6.83. The summed E-state index contributed by atoms with van der Waals surface area (Å²) in [6.07, 6.45) is 1.02. The SMILES string of the molecule is CCOC(=O)N1CCC(NC(=O)C2CC(=O)N(c3ccccc3F)C2)CC1. The number of likely N-dealkylation sites (tertiary alicyclic amines) is 1. The number of amides is 3. The van der Waals surface area contributed by atoms with Gasteiger partial charge in [-0.2, -0.15) is 0 Å². The number of ether oxygens (including phenoxy) is 1. The number of carbonyl (C=O) groups excluding carboxylic acids is 3. The first-order valence-corrected chi connectivity index (χ1v) is 9.26. The van der Waals surface area contributed by atoms with Gasteiger partial charge in [0.1, 0.15) is 5.82 Å². The molecule has 2 aliphatic rings. The molecule has 3 amide bonds. The average molecular weight is 377 g/mol. The second-order valence-corrected chi connectivity index (χ2v) is 6.83. The van der Waals surface area contributed by atoms with E-state index in [4.69, 9.17) is 4.74 Å². The number of anilines is 1. The zero-order chi connectivity index (χ0) is 19.4. The number of nitrogens with one attached hydrogen (secondary N) is 1. The minimum Gasteiger partial charge on any atom is -0.450 e. The Hall–Kier alpha value is -2.64. The summed E-state index contributed by atoms with van der Waals surface area (Å²) in [7, 11) is 0. The molecule has 1 N–H and O–H groups in total. The number of para-hydroxylation sites is 1. The van der Waals surface area contributed by atoms with Gasteiger partial charge in [0, 0.05) is 32.1 Å². The van der Waals surface area contributed by atoms with Crippen molar-refractivity contribution in [1.29, 1.82) is 0 Å². The normalized spacial score (nSPS) is 20.7. The van der Waals surface area contributed by atoms with Gasteiger partial charge >= 0.3 is 6.09 Å². The first kappa shape index (κ1) is 19.1. The Morgan fingerprint density at radius 2 is 1.96 bits per heavy atom. The van der Waals surface area contributed by atoms with Crippen molar-refractivity contribution in [3.05, 3.63) is 30.1 Å². The lowest BCUT2D eigenvalue weighted by Crippen LogP contribution is -2.48. The maximum absolute atomic E-state index is 13.9. The highest BCUT2D eigenvalue weighted by molar-refractivity contribution is 6.00. The van der Waals surface area contributed by atoms with Gasteiger partial charge in [-0.3, -0.25) is 9.59 Å². The molecular weight excluding hydrogens is 353 g/mol. The first-order valence-electron chi connectivity index (χ1n) is 9.26. The molecule has 2 saturated heterocycles. The second kappa shape index (κ2) is 8.37. The fourth-order valence-corrected chi connectivity index (χ4v) is 3.53. The Labute approximate surface area is 157 Å². The van der Waals surface area contributed by atoms with Crippen molar-refractivity contribution < 1.29 is 23.5 Å². The highest BCUT2D eigenvalue weighted by atomic mass is 19.1. The number of benzene rings is 1. The van der Waals surface area contributed by atoms with E-state index in [9.17, 15) is 18.8 Å². The molecule has 1 atom stereocenters. The van der Waals surface area contributed by atoms with E-state index < -0.39 is 11.7 Å². The zero-order valence-corrected chi connectivity index (χ0v) is 15.3. The third-order valence-corrected chi connectivity index (χ3v) is 5.01. The molecule has 0 bridgehead atoms. The van der Waals surface area contributed by atoms with Crippen LogP contribution in [0.2, 0.25) is 0 Å². The lowest BCUT2D eigenvalue weighted by Gasteiger charge is -2.32. The summed E-state index contributed by atoms with van der Waals surface area (Å²) < 4.78 is 18.9. The zero-order valence-electron chi connectivity index (χ0n) is 15.3. The van der Waals surface area contributed by atoms with Gasteiger partial charge < -0.3 is 19.9 Å². The van der Waals surface area contributed by atoms with E-state index in [0.29, 0.717) is 32.5 Å². The van der Waals surface area contributed by atoms with Crippen LogP contribution >= 0.6 is 0 Å². The minimum atomic E-state index is -0.500. The molecule has 2 fully saturated rings. The Morgan fingerprint density at radius 3 is 2.63 bits per heavy atom. The quantitative estimate of drug-likeness (QED) is 0.869. The molecule has 0 spiro atoms. The summed E-state index contributed by atoms with van der Waals surface area (Å²) >= 11 is 0. The predicted molar refractivity (Wildman–Crippen MR) is 96.6 cm³/mol. The maximum Gasteiger partial charge on any atom is 0.409 e. The number of halogens is 1. The summed E-state index contributed by atoms with van der Waals surface area (Å²) in [5, 5.41) is 2.97. The molecule has 0 aromatic heterocycles. The molecule has 8 heteroatoms. The third-order valence-electron chi connectivity index (χ3n) is 5.01. The van der Waals surface area contributed by atoms with Crippen LogP contribution < -0.4 is 10.2 Å². The van der Waals surface area contributed by atoms with Gasteiger partial charge in [-0.05, 0) is 31.9 Å². The molecule has 0 radical (unpaired) electrons. The molecule has 3 rings (SSSR count). The molecule has 0 aliphatic carbocycles. The number of piperidine rings is 1. The largest absolute Gasteiger partial charge is 0.450 e. The molecule has 27 heavy (non-hydrogen) atoms. The van der Waals surface area contributed by atoms with Crippen LogP contribution in [-0.2, 0) is 14.3 Å². The van der Waals surface area contributed by atoms with Crippen LogP contribution in [0, 0.1) is 11.7 Å². The Morgan fingerprint density at radius 1 is 1.26 bits per heavy atom. The summed E-state index contributed by atoms with van der Waals surface area (Å²) in [6.45, 7) is 3.32. The molecule has 1 aromatic carbocycles. The molecule has 1 aromatic rings. The standard InChI is InChI=1S/C19H24FN3O4/c1-2-27-19(26)22-9-7-14(8-10-22)21-18(25)13-11-17(24)23(12-13)16-6-4-3-5-15(16)20/h3-6,13-14H,2,7-12H2,1H3,(H,21,25). The van der Waals surface area contributed by atoms with Gasteiger partial charge in [-0.1, -0.05) is 12.1 Å². The minimum absolute atomic E-state index is 0.0409. The molecule has 2 aliphatic heterocycles. The van der Waals surface area contributed by atoms with E-state index in [1.54, 1.807) is 30.0 Å². The van der Waals surface area contributed by atoms with Crippen LogP contribution in [0.1, 0.15) is 26.2 Å². The van der Waals surface area contributed by atoms with Crippen LogP contribution in [0.5, 0.6) is 0 Å². The number of carbonyl (C=O) groups is 3. The monoisotopic (exact) mass is 377 g/mol. The van der Waals surface area contributed by atoms with Gasteiger partial charge in [0.05, 0.1) is 18.2 Å². The van der Waals surface area contributed by atoms with E-state index in [0.717, 1.165) is 0 Å². The lowest BCUT2D eigenvalue weighted by molar-refractivity contribution is -0.127. The molecule has 7 nitrogen and oxygen atoms in total. The van der Waals surface area contributed by atoms with E-state index in [-0.39, 0.29) is 42.6 Å². The van der Waals surface area contributed by atoms with Gasteiger partial charge in [0.2, 0.25) is 11.8 Å². The van der Waals surface area contributed by atoms with Crippen molar-refractivity contribution >= 4 is 23.6 Å². The smallest absolute Gasteiger partial charge is 0.409 e. The van der Waals surface area contributed by atoms with Crippen LogP contribution in [0.3, 0.4) is 0 Å². The van der Waals surface area contributed by atoms with Crippen LogP contribution in [-0.4, -0.2) is 55.1 Å². The van der Waals surface area contributed by atoms with Crippen LogP contribution in [0.25, 0.3) is 0 Å². The summed E-state index contributed by atoms with van der Waals surface area (Å²) in [4.78, 5) is 39.5. The molecule has 2 heterocycles. The van der Waals surface area contributed by atoms with Crippen molar-refractivity contribution in [2.45, 2.75) is 32.2 Å². The Bertz CT molecular complexity index is 719. The number of hydrogen-bond donors (Lipinski definition) is 1. The maximum atomic E-state index is 13.9. The Balaban J connectivity index is 1.52. The van der Waals surface area contributed by atoms with Crippen molar-refractivity contribution in [3.8, 4) is 0 Å². The number of rotatable bonds is 4. The predicted octanol–water partition coefficient (Wildman–Crippen LogP) is 1.92. The topological polar surface area (TPSA) is 79.0 Å². The summed E-state index contributed by atoms with van der Waals surface area (Å²) in [6, 6.07) is 6.02. The van der Waals surface area contributed by atoms with Crippen LogP contribution in [0.15, 0.2) is 24.3 Å². The van der Waals surface area contributed by atoms with E-state index in [1.807, 2.05) is 0 Å². The van der Waals surface area contributed by atoms with E-state index in [1.165, 1.54) is 11.0 Å². The summed E-state index contributed by atoms with van der Waals surface area (Å²) in [5.74, 6) is -1.42. The highest BCUT2D eigenvalue weighted by Gasteiger charge is 2.37. The summed E-state index contributed by atoms with van der Waals surface area (Å²) in [5.41, 5.74) is 0.209. The van der Waals surface area contributed by atoms with Gasteiger partial charge in [-0.15, -0.1) is 0 Å². The fourth-order valence-electron chi connectivity index (χ4n) is 3.53. The Kier molecular flexibility index (Phi) is 5.93. The third kappa shape index (κ3) is 4.37. The fraction of sp³-hybridized carbons (Fsp3) is 0.526.